The smallest absolute Gasteiger partial charge is 0.303 e. The van der Waals surface area contributed by atoms with Gasteiger partial charge in [-0.1, -0.05) is 12.1 Å². The Morgan fingerprint density at radius 3 is 2.95 bits per heavy atom. The maximum absolute atomic E-state index is 13.5. The van der Waals surface area contributed by atoms with Crippen LogP contribution >= 0.6 is 0 Å². The fourth-order valence-corrected chi connectivity index (χ4v) is 1.67. The van der Waals surface area contributed by atoms with Gasteiger partial charge < -0.3 is 5.11 Å². The molecule has 6 nitrogen and oxygen atoms in total. The number of carboxylic acids is 1. The van der Waals surface area contributed by atoms with Crippen molar-refractivity contribution in [2.24, 2.45) is 0 Å². The minimum Gasteiger partial charge on any atom is -0.481 e. The molecule has 1 aromatic heterocycles. The number of aromatic nitrogens is 4. The predicted octanol–water partition coefficient (Wildman–Crippen LogP) is 1.65. The number of nitrogens with zero attached hydrogens (tertiary/aromatic N) is 4. The molecule has 100 valence electrons. The standard InChI is InChI=1S/C12H13FN4O2/c1-8-4-5-9(7-10(8)13)12-14-15-16-17(12)6-2-3-11(18)19/h4-5,7H,2-3,6H2,1H3,(H,18,19). The van der Waals surface area contributed by atoms with Gasteiger partial charge in [0.25, 0.3) is 0 Å². The van der Waals surface area contributed by atoms with E-state index in [0.29, 0.717) is 29.9 Å². The summed E-state index contributed by atoms with van der Waals surface area (Å²) in [5.74, 6) is -0.752. The summed E-state index contributed by atoms with van der Waals surface area (Å²) in [6, 6.07) is 4.76. The molecule has 0 unspecified atom stereocenters. The van der Waals surface area contributed by atoms with Crippen LogP contribution in [-0.4, -0.2) is 31.3 Å². The summed E-state index contributed by atoms with van der Waals surface area (Å²) >= 11 is 0. The Hall–Kier alpha value is -2.31. The second-order valence-corrected chi connectivity index (χ2v) is 4.19. The van der Waals surface area contributed by atoms with Gasteiger partial charge in [-0.3, -0.25) is 4.79 Å². The van der Waals surface area contributed by atoms with E-state index in [2.05, 4.69) is 15.5 Å². The Labute approximate surface area is 108 Å². The Balaban J connectivity index is 2.18. The molecule has 0 aliphatic rings. The summed E-state index contributed by atoms with van der Waals surface area (Å²) in [4.78, 5) is 10.5. The summed E-state index contributed by atoms with van der Waals surface area (Å²) in [6.07, 6.45) is 0.462. The van der Waals surface area contributed by atoms with E-state index in [-0.39, 0.29) is 12.2 Å². The largest absolute Gasteiger partial charge is 0.481 e. The van der Waals surface area contributed by atoms with Crippen LogP contribution in [0.15, 0.2) is 18.2 Å². The van der Waals surface area contributed by atoms with Crippen molar-refractivity contribution in [1.82, 2.24) is 20.2 Å². The van der Waals surface area contributed by atoms with Crippen molar-refractivity contribution in [3.8, 4) is 11.4 Å². The van der Waals surface area contributed by atoms with Gasteiger partial charge in [-0.05, 0) is 35.4 Å². The van der Waals surface area contributed by atoms with Crippen LogP contribution in [0.25, 0.3) is 11.4 Å². The molecule has 0 aliphatic heterocycles. The number of hydrogen-bond donors (Lipinski definition) is 1. The van der Waals surface area contributed by atoms with Crippen LogP contribution in [0, 0.1) is 12.7 Å². The molecule has 1 N–H and O–H groups in total. The molecule has 2 rings (SSSR count). The topological polar surface area (TPSA) is 80.9 Å². The number of halogens is 1. The van der Waals surface area contributed by atoms with Crippen LogP contribution in [0.1, 0.15) is 18.4 Å². The number of benzene rings is 1. The molecule has 7 heteroatoms. The number of rotatable bonds is 5. The summed E-state index contributed by atoms with van der Waals surface area (Å²) in [6.45, 7) is 2.05. The van der Waals surface area contributed by atoms with Crippen molar-refractivity contribution < 1.29 is 14.3 Å². The second-order valence-electron chi connectivity index (χ2n) is 4.19. The molecule has 0 saturated heterocycles. The first kappa shape index (κ1) is 13.1. The molecular formula is C12H13FN4O2. The molecule has 0 amide bonds. The van der Waals surface area contributed by atoms with Crippen molar-refractivity contribution in [3.05, 3.63) is 29.6 Å². The van der Waals surface area contributed by atoms with Gasteiger partial charge in [-0.25, -0.2) is 9.07 Å². The number of aryl methyl sites for hydroxylation is 2. The summed E-state index contributed by atoms with van der Waals surface area (Å²) in [5, 5.41) is 19.8. The average Bonchev–Trinajstić information content (AvgIpc) is 2.80. The molecule has 19 heavy (non-hydrogen) atoms. The molecule has 0 saturated carbocycles. The van der Waals surface area contributed by atoms with E-state index < -0.39 is 5.97 Å². The lowest BCUT2D eigenvalue weighted by molar-refractivity contribution is -0.137. The van der Waals surface area contributed by atoms with Crippen LogP contribution in [0.5, 0.6) is 0 Å². The number of hydrogen-bond acceptors (Lipinski definition) is 4. The van der Waals surface area contributed by atoms with Gasteiger partial charge in [0, 0.05) is 18.5 Å². The van der Waals surface area contributed by atoms with Crippen molar-refractivity contribution in [1.29, 1.82) is 0 Å². The molecule has 0 fully saturated rings. The normalized spacial score (nSPS) is 10.6. The number of carboxylic acid groups (broad SMARTS) is 1. The third-order valence-corrected chi connectivity index (χ3v) is 2.72. The minimum atomic E-state index is -0.865. The highest BCUT2D eigenvalue weighted by Gasteiger charge is 2.11. The Kier molecular flexibility index (Phi) is 3.84. The van der Waals surface area contributed by atoms with E-state index in [9.17, 15) is 9.18 Å². The van der Waals surface area contributed by atoms with Crippen LogP contribution in [0.2, 0.25) is 0 Å². The number of aliphatic carboxylic acids is 1. The van der Waals surface area contributed by atoms with Gasteiger partial charge in [0.05, 0.1) is 0 Å². The van der Waals surface area contributed by atoms with Gasteiger partial charge in [0.1, 0.15) is 5.82 Å². The van der Waals surface area contributed by atoms with E-state index in [1.807, 2.05) is 0 Å². The summed E-state index contributed by atoms with van der Waals surface area (Å²) in [5.41, 5.74) is 1.12. The molecule has 0 spiro atoms. The monoisotopic (exact) mass is 264 g/mol. The van der Waals surface area contributed by atoms with Crippen LogP contribution in [0.4, 0.5) is 4.39 Å². The van der Waals surface area contributed by atoms with E-state index >= 15 is 0 Å². The third kappa shape index (κ3) is 3.12. The number of carbonyl (C=O) groups is 1. The average molecular weight is 264 g/mol. The van der Waals surface area contributed by atoms with Crippen molar-refractivity contribution >= 4 is 5.97 Å². The van der Waals surface area contributed by atoms with Crippen LogP contribution in [0.3, 0.4) is 0 Å². The van der Waals surface area contributed by atoms with Crippen molar-refractivity contribution in [2.75, 3.05) is 0 Å². The van der Waals surface area contributed by atoms with E-state index in [1.165, 1.54) is 10.7 Å². The maximum atomic E-state index is 13.5. The Bertz CT molecular complexity index is 597. The predicted molar refractivity (Wildman–Crippen MR) is 64.8 cm³/mol. The van der Waals surface area contributed by atoms with Crippen LogP contribution < -0.4 is 0 Å². The Morgan fingerprint density at radius 2 is 2.26 bits per heavy atom. The maximum Gasteiger partial charge on any atom is 0.303 e. The second kappa shape index (κ2) is 5.55. The van der Waals surface area contributed by atoms with E-state index in [1.54, 1.807) is 19.1 Å². The minimum absolute atomic E-state index is 0.0432. The van der Waals surface area contributed by atoms with Gasteiger partial charge in [-0.15, -0.1) is 5.10 Å². The van der Waals surface area contributed by atoms with E-state index in [0.717, 1.165) is 0 Å². The first-order valence-corrected chi connectivity index (χ1v) is 5.82. The quantitative estimate of drug-likeness (QED) is 0.888. The zero-order valence-corrected chi connectivity index (χ0v) is 10.4. The van der Waals surface area contributed by atoms with Gasteiger partial charge in [0.15, 0.2) is 5.82 Å². The highest BCUT2D eigenvalue weighted by molar-refractivity contribution is 5.66. The zero-order valence-electron chi connectivity index (χ0n) is 10.4. The lowest BCUT2D eigenvalue weighted by atomic mass is 10.1. The molecule has 1 aromatic carbocycles. The highest BCUT2D eigenvalue weighted by atomic mass is 19.1. The number of tetrazole rings is 1. The molecule has 0 radical (unpaired) electrons. The first-order valence-electron chi connectivity index (χ1n) is 5.82. The lowest BCUT2D eigenvalue weighted by Gasteiger charge is -2.04. The highest BCUT2D eigenvalue weighted by Crippen LogP contribution is 2.19. The van der Waals surface area contributed by atoms with E-state index in [4.69, 9.17) is 5.11 Å². The van der Waals surface area contributed by atoms with Gasteiger partial charge >= 0.3 is 5.97 Å². The van der Waals surface area contributed by atoms with Gasteiger partial charge in [-0.2, -0.15) is 0 Å². The molecule has 1 heterocycles. The van der Waals surface area contributed by atoms with Crippen molar-refractivity contribution in [3.63, 3.8) is 0 Å². The fourth-order valence-electron chi connectivity index (χ4n) is 1.67. The molecule has 2 aromatic rings. The zero-order chi connectivity index (χ0) is 13.8. The molecule has 0 atom stereocenters. The SMILES string of the molecule is Cc1ccc(-c2nnnn2CCCC(=O)O)cc1F. The summed E-state index contributed by atoms with van der Waals surface area (Å²) < 4.78 is 15.0. The first-order chi connectivity index (χ1) is 9.08. The third-order valence-electron chi connectivity index (χ3n) is 2.72. The molecular weight excluding hydrogens is 251 g/mol. The Morgan fingerprint density at radius 1 is 1.47 bits per heavy atom. The molecule has 0 aliphatic carbocycles. The fraction of sp³-hybridized carbons (Fsp3) is 0.333. The molecule has 0 bridgehead atoms. The lowest BCUT2D eigenvalue weighted by Crippen LogP contribution is -2.05. The summed E-state index contributed by atoms with van der Waals surface area (Å²) in [7, 11) is 0. The van der Waals surface area contributed by atoms with Crippen molar-refractivity contribution in [2.45, 2.75) is 26.3 Å². The van der Waals surface area contributed by atoms with Gasteiger partial charge in [0.2, 0.25) is 0 Å². The van der Waals surface area contributed by atoms with Crippen LogP contribution in [-0.2, 0) is 11.3 Å².